The van der Waals surface area contributed by atoms with E-state index in [1.807, 2.05) is 35.9 Å². The van der Waals surface area contributed by atoms with Gasteiger partial charge in [-0.1, -0.05) is 25.1 Å². The Labute approximate surface area is 189 Å². The maximum atomic E-state index is 14.5. The van der Waals surface area contributed by atoms with E-state index < -0.39 is 5.82 Å². The van der Waals surface area contributed by atoms with E-state index in [0.29, 0.717) is 5.92 Å². The summed E-state index contributed by atoms with van der Waals surface area (Å²) in [6.45, 7) is 6.72. The molecule has 0 spiro atoms. The normalized spacial score (nSPS) is 16.3. The molecule has 0 amide bonds. The molecule has 3 aromatic rings. The van der Waals surface area contributed by atoms with Crippen molar-refractivity contribution in [1.82, 2.24) is 14.7 Å². The van der Waals surface area contributed by atoms with E-state index in [4.69, 9.17) is 9.84 Å². The molecular formula is C26H32FN3O2. The number of hydrogen-bond acceptors (Lipinski definition) is 4. The number of aliphatic hydroxyl groups is 1. The zero-order valence-corrected chi connectivity index (χ0v) is 19.1. The molecule has 1 N–H and O–H groups in total. The molecule has 1 saturated heterocycles. The molecule has 1 fully saturated rings. The number of nitrogens with zero attached hydrogens (tertiary/aromatic N) is 3. The van der Waals surface area contributed by atoms with Gasteiger partial charge in [-0.15, -0.1) is 0 Å². The van der Waals surface area contributed by atoms with Gasteiger partial charge in [0.15, 0.2) is 11.6 Å². The zero-order valence-electron chi connectivity index (χ0n) is 19.1. The van der Waals surface area contributed by atoms with Crippen LogP contribution < -0.4 is 4.74 Å². The van der Waals surface area contributed by atoms with E-state index in [1.165, 1.54) is 13.2 Å². The van der Waals surface area contributed by atoms with E-state index in [-0.39, 0.29) is 11.9 Å². The second-order valence-corrected chi connectivity index (χ2v) is 8.67. The highest BCUT2D eigenvalue weighted by atomic mass is 19.1. The topological polar surface area (TPSA) is 50.5 Å². The van der Waals surface area contributed by atoms with Crippen molar-refractivity contribution in [3.8, 4) is 22.7 Å². The average Bonchev–Trinajstić information content (AvgIpc) is 3.22. The Balaban J connectivity index is 1.65. The minimum atomic E-state index is -0.393. The van der Waals surface area contributed by atoms with Crippen molar-refractivity contribution in [2.45, 2.75) is 45.8 Å². The molecule has 2 heterocycles. The first-order valence-electron chi connectivity index (χ1n) is 11.4. The van der Waals surface area contributed by atoms with Gasteiger partial charge in [-0.2, -0.15) is 5.10 Å². The third-order valence-electron chi connectivity index (χ3n) is 6.57. The van der Waals surface area contributed by atoms with Gasteiger partial charge in [-0.25, -0.2) is 9.07 Å². The molecule has 170 valence electrons. The van der Waals surface area contributed by atoms with E-state index in [9.17, 15) is 9.50 Å². The van der Waals surface area contributed by atoms with Gasteiger partial charge in [0.25, 0.3) is 0 Å². The number of likely N-dealkylation sites (tertiary alicyclic amines) is 1. The molecule has 32 heavy (non-hydrogen) atoms. The zero-order chi connectivity index (χ0) is 22.7. The first-order valence-corrected chi connectivity index (χ1v) is 11.4. The quantitative estimate of drug-likeness (QED) is 0.567. The number of methoxy groups -OCH3 is 1. The molecule has 0 radical (unpaired) electrons. The lowest BCUT2D eigenvalue weighted by molar-refractivity contribution is 0.0550. The Hall–Kier alpha value is -2.70. The van der Waals surface area contributed by atoms with Gasteiger partial charge >= 0.3 is 0 Å². The second-order valence-electron chi connectivity index (χ2n) is 8.67. The maximum Gasteiger partial charge on any atom is 0.165 e. The third kappa shape index (κ3) is 4.71. The Morgan fingerprint density at radius 3 is 2.59 bits per heavy atom. The van der Waals surface area contributed by atoms with Crippen molar-refractivity contribution in [1.29, 1.82) is 0 Å². The predicted molar refractivity (Wildman–Crippen MR) is 125 cm³/mol. The van der Waals surface area contributed by atoms with Crippen molar-refractivity contribution < 1.29 is 14.2 Å². The molecule has 1 aliphatic rings. The number of hydrogen-bond donors (Lipinski definition) is 1. The maximum absolute atomic E-state index is 14.5. The number of benzene rings is 2. The summed E-state index contributed by atoms with van der Waals surface area (Å²) in [6, 6.07) is 13.1. The monoisotopic (exact) mass is 437 g/mol. The lowest BCUT2D eigenvalue weighted by Gasteiger charge is -2.33. The van der Waals surface area contributed by atoms with Crippen molar-refractivity contribution in [2.75, 3.05) is 20.2 Å². The Morgan fingerprint density at radius 1 is 1.19 bits per heavy atom. The molecule has 0 bridgehead atoms. The van der Waals surface area contributed by atoms with E-state index in [1.54, 1.807) is 6.07 Å². The first-order chi connectivity index (χ1) is 15.5. The summed E-state index contributed by atoms with van der Waals surface area (Å²) >= 11 is 0. The van der Waals surface area contributed by atoms with Gasteiger partial charge < -0.3 is 9.84 Å². The van der Waals surface area contributed by atoms with Gasteiger partial charge in [0.05, 0.1) is 24.6 Å². The minimum absolute atomic E-state index is 0.209. The molecule has 0 saturated carbocycles. The van der Waals surface area contributed by atoms with Gasteiger partial charge in [0, 0.05) is 23.9 Å². The summed E-state index contributed by atoms with van der Waals surface area (Å²) in [6.07, 6.45) is 4.65. The molecule has 1 unspecified atom stereocenters. The fourth-order valence-electron chi connectivity index (χ4n) is 4.60. The number of para-hydroxylation sites is 1. The van der Waals surface area contributed by atoms with E-state index >= 15 is 0 Å². The number of ether oxygens (including phenoxy) is 1. The molecule has 5 nitrogen and oxygen atoms in total. The Kier molecular flexibility index (Phi) is 6.92. The predicted octanol–water partition coefficient (Wildman–Crippen LogP) is 4.98. The number of aliphatic hydroxyl groups excluding tert-OH is 1. The van der Waals surface area contributed by atoms with Crippen molar-refractivity contribution in [3.05, 3.63) is 65.6 Å². The summed E-state index contributed by atoms with van der Waals surface area (Å²) in [7, 11) is 1.47. The summed E-state index contributed by atoms with van der Waals surface area (Å²) in [5.74, 6) is 0.210. The van der Waals surface area contributed by atoms with Crippen LogP contribution >= 0.6 is 0 Å². The number of piperidine rings is 1. The van der Waals surface area contributed by atoms with Crippen molar-refractivity contribution in [3.63, 3.8) is 0 Å². The van der Waals surface area contributed by atoms with Crippen LogP contribution in [0.1, 0.15) is 37.3 Å². The number of halogens is 1. The molecule has 2 aromatic carbocycles. The fourth-order valence-corrected chi connectivity index (χ4v) is 4.60. The molecule has 0 aliphatic carbocycles. The van der Waals surface area contributed by atoms with Crippen LogP contribution in [0.4, 0.5) is 4.39 Å². The lowest BCUT2D eigenvalue weighted by atomic mass is 9.90. The number of aromatic nitrogens is 2. The average molecular weight is 438 g/mol. The summed E-state index contributed by atoms with van der Waals surface area (Å²) < 4.78 is 21.5. The summed E-state index contributed by atoms with van der Waals surface area (Å²) in [4.78, 5) is 2.40. The van der Waals surface area contributed by atoms with E-state index in [2.05, 4.69) is 24.1 Å². The van der Waals surface area contributed by atoms with Crippen LogP contribution in [0.25, 0.3) is 16.9 Å². The van der Waals surface area contributed by atoms with Crippen LogP contribution in [0.5, 0.6) is 5.75 Å². The highest BCUT2D eigenvalue weighted by molar-refractivity contribution is 5.64. The smallest absolute Gasteiger partial charge is 0.165 e. The highest BCUT2D eigenvalue weighted by Gasteiger charge is 2.25. The largest absolute Gasteiger partial charge is 0.494 e. The molecule has 4 rings (SSSR count). The summed E-state index contributed by atoms with van der Waals surface area (Å²) in [5.41, 5.74) is 4.72. The van der Waals surface area contributed by atoms with Crippen LogP contribution in [-0.2, 0) is 6.54 Å². The Bertz CT molecular complexity index is 1060. The lowest BCUT2D eigenvalue weighted by Crippen LogP contribution is -2.37. The molecule has 1 atom stereocenters. The van der Waals surface area contributed by atoms with Crippen LogP contribution in [0.15, 0.2) is 48.7 Å². The van der Waals surface area contributed by atoms with Crippen LogP contribution in [0.2, 0.25) is 0 Å². The summed E-state index contributed by atoms with van der Waals surface area (Å²) in [5, 5.41) is 15.1. The molecule has 6 heteroatoms. The molecule has 1 aliphatic heterocycles. The van der Waals surface area contributed by atoms with Gasteiger partial charge in [-0.3, -0.25) is 4.90 Å². The standard InChI is InChI=1S/C26H32FN3O2/c1-4-24(31)19-11-13-29(14-12-19)16-21-17-30(23-8-6-5-7-18(23)2)28-26(21)20-9-10-25(32-3)22(27)15-20/h5-10,15,17,19,24,31H,4,11-14,16H2,1-3H3. The SMILES string of the molecule is CCC(O)C1CCN(Cc2cn(-c3ccccc3C)nc2-c2ccc(OC)c(F)c2)CC1. The van der Waals surface area contributed by atoms with Crippen LogP contribution in [0, 0.1) is 18.7 Å². The highest BCUT2D eigenvalue weighted by Crippen LogP contribution is 2.30. The van der Waals surface area contributed by atoms with Crippen molar-refractivity contribution >= 4 is 0 Å². The second kappa shape index (κ2) is 9.84. The molecule has 1 aromatic heterocycles. The Morgan fingerprint density at radius 2 is 1.94 bits per heavy atom. The van der Waals surface area contributed by atoms with E-state index in [0.717, 1.165) is 67.0 Å². The van der Waals surface area contributed by atoms with Crippen LogP contribution in [-0.4, -0.2) is 46.1 Å². The fraction of sp³-hybridized carbons (Fsp3) is 0.423. The van der Waals surface area contributed by atoms with Gasteiger partial charge in [0.2, 0.25) is 0 Å². The first kappa shape index (κ1) is 22.5. The minimum Gasteiger partial charge on any atom is -0.494 e. The van der Waals surface area contributed by atoms with Crippen LogP contribution in [0.3, 0.4) is 0 Å². The number of rotatable bonds is 7. The number of aryl methyl sites for hydroxylation is 1. The van der Waals surface area contributed by atoms with Gasteiger partial charge in [-0.05, 0) is 75.0 Å². The van der Waals surface area contributed by atoms with Crippen molar-refractivity contribution in [2.24, 2.45) is 5.92 Å². The molecular weight excluding hydrogens is 405 g/mol. The third-order valence-corrected chi connectivity index (χ3v) is 6.57. The van der Waals surface area contributed by atoms with Gasteiger partial charge in [0.1, 0.15) is 0 Å².